The number of hydrogen-bond donors (Lipinski definition) is 6. The Morgan fingerprint density at radius 2 is 0.398 bits per heavy atom. The van der Waals surface area contributed by atoms with Crippen LogP contribution in [0.15, 0.2) is 413 Å². The van der Waals surface area contributed by atoms with Crippen LogP contribution < -0.4 is 20.1 Å². The first-order valence-corrected chi connectivity index (χ1v) is 42.9. The van der Waals surface area contributed by atoms with Gasteiger partial charge in [0.25, 0.3) is 0 Å². The second-order valence-corrected chi connectivity index (χ2v) is 32.9. The molecule has 20 rings (SSSR count). The maximum absolute atomic E-state index is 13.7. The number of rotatable bonds is 20. The molecule has 8 atom stereocenters. The molecule has 2 amide bonds. The Morgan fingerprint density at radius 1 is 0.195 bits per heavy atom. The fraction of sp³-hybridized carbons (Fsp3) is 0.143. The zero-order valence-electron chi connectivity index (χ0n) is 69.4. The second-order valence-electron chi connectivity index (χ2n) is 32.9. The van der Waals surface area contributed by atoms with E-state index in [1.54, 1.807) is 12.1 Å². The molecule has 0 aliphatic heterocycles. The third-order valence-corrected chi connectivity index (χ3v) is 25.9. The smallest absolute Gasteiger partial charge is 0.315 e. The lowest BCUT2D eigenvalue weighted by Crippen LogP contribution is -2.52. The summed E-state index contributed by atoms with van der Waals surface area (Å²) in [5.41, 5.74) is 8.36. The van der Waals surface area contributed by atoms with Gasteiger partial charge in [0.1, 0.15) is 11.5 Å². The summed E-state index contributed by atoms with van der Waals surface area (Å²) in [5, 5.41) is 54.6. The van der Waals surface area contributed by atoms with Gasteiger partial charge in [-0.05, 0) is 113 Å². The van der Waals surface area contributed by atoms with Crippen molar-refractivity contribution in [3.8, 4) is 11.5 Å². The Kier molecular flexibility index (Phi) is 25.2. The highest BCUT2D eigenvalue weighted by molar-refractivity contribution is 6.06. The number of benzene rings is 16. The van der Waals surface area contributed by atoms with Crippen LogP contribution in [0.5, 0.6) is 11.5 Å². The van der Waals surface area contributed by atoms with Crippen molar-refractivity contribution in [3.63, 3.8) is 0 Å². The number of esters is 2. The minimum absolute atomic E-state index is 0.151. The van der Waals surface area contributed by atoms with Crippen LogP contribution in [0.3, 0.4) is 0 Å². The predicted octanol–water partition coefficient (Wildman–Crippen LogP) is 22.6. The Bertz CT molecular complexity index is 6070. The molecule has 4 aliphatic carbocycles. The summed E-state index contributed by atoms with van der Waals surface area (Å²) < 4.78 is 11.7. The van der Waals surface area contributed by atoms with Crippen molar-refractivity contribution in [2.75, 3.05) is 10.6 Å². The molecule has 16 aromatic rings. The molecule has 6 N–H and O–H groups in total. The van der Waals surface area contributed by atoms with Crippen LogP contribution in [0.1, 0.15) is 91.9 Å². The zero-order chi connectivity index (χ0) is 88.3. The highest BCUT2D eigenvalue weighted by Gasteiger charge is 2.62. The van der Waals surface area contributed by atoms with Crippen molar-refractivity contribution in [1.82, 2.24) is 0 Å². The summed E-state index contributed by atoms with van der Waals surface area (Å²) in [6, 6.07) is 130. The molecule has 0 spiro atoms. The van der Waals surface area contributed by atoms with Crippen molar-refractivity contribution in [2.24, 2.45) is 47.3 Å². The molecule has 0 saturated heterocycles. The summed E-state index contributed by atoms with van der Waals surface area (Å²) in [6.07, 6.45) is 0. The van der Waals surface area contributed by atoms with E-state index in [1.165, 1.54) is 0 Å². The van der Waals surface area contributed by atoms with Gasteiger partial charge < -0.3 is 40.5 Å². The number of ether oxygens (including phenoxy) is 2. The molecular weight excluding hydrogens is 1600 g/mol. The van der Waals surface area contributed by atoms with Gasteiger partial charge in [-0.1, -0.05) is 376 Å². The molecule has 0 radical (unpaired) electrons. The van der Waals surface area contributed by atoms with Gasteiger partial charge in [0.15, 0.2) is 0 Å². The molecule has 0 heterocycles. The number of nitrogens with one attached hydrogen (secondary N) is 2. The fourth-order valence-corrected chi connectivity index (χ4v) is 20.1. The van der Waals surface area contributed by atoms with Gasteiger partial charge in [-0.25, -0.2) is 0 Å². The molecule has 16 aromatic carbocycles. The number of hydrogen-bond acceptors (Lipinski definition) is 10. The van der Waals surface area contributed by atoms with Gasteiger partial charge in [0, 0.05) is 69.5 Å². The molecule has 4 fully saturated rings. The van der Waals surface area contributed by atoms with Gasteiger partial charge in [-0.15, -0.1) is 0 Å². The first kappa shape index (κ1) is 84.5. The number of carboxylic acid groups (broad SMARTS) is 4. The molecule has 0 aromatic heterocycles. The van der Waals surface area contributed by atoms with Crippen molar-refractivity contribution >= 4 is 102 Å². The predicted molar refractivity (Wildman–Crippen MR) is 496 cm³/mol. The molecule has 16 heteroatoms. The summed E-state index contributed by atoms with van der Waals surface area (Å²) in [7, 11) is 0. The van der Waals surface area contributed by atoms with Crippen LogP contribution in [-0.4, -0.2) is 68.1 Å². The summed E-state index contributed by atoms with van der Waals surface area (Å²) in [5.74, 6) is -12.0. The molecule has 4 aliphatic rings. The maximum atomic E-state index is 13.7. The van der Waals surface area contributed by atoms with E-state index in [-0.39, 0.29) is 11.8 Å². The first-order valence-electron chi connectivity index (χ1n) is 42.9. The van der Waals surface area contributed by atoms with Crippen molar-refractivity contribution < 1.29 is 68.3 Å². The van der Waals surface area contributed by atoms with E-state index < -0.39 is 131 Å². The van der Waals surface area contributed by atoms with Gasteiger partial charge in [-0.3, -0.25) is 38.4 Å². The third kappa shape index (κ3) is 17.5. The topological polar surface area (TPSA) is 260 Å². The van der Waals surface area contributed by atoms with E-state index in [9.17, 15) is 58.8 Å². The zero-order valence-corrected chi connectivity index (χ0v) is 69.4. The minimum atomic E-state index is -0.900. The monoisotopic (exact) mass is 1690 g/mol. The van der Waals surface area contributed by atoms with Crippen LogP contribution >= 0.6 is 0 Å². The molecule has 128 heavy (non-hydrogen) atoms. The lowest BCUT2D eigenvalue weighted by molar-refractivity contribution is -0.160. The maximum Gasteiger partial charge on any atom is 0.315 e. The van der Waals surface area contributed by atoms with Crippen molar-refractivity contribution in [1.29, 1.82) is 0 Å². The van der Waals surface area contributed by atoms with E-state index >= 15 is 0 Å². The highest BCUT2D eigenvalue weighted by atomic mass is 16.5. The summed E-state index contributed by atoms with van der Waals surface area (Å²) in [6.45, 7) is 0. The molecular formula is C112H90N2O14. The third-order valence-electron chi connectivity index (χ3n) is 25.9. The van der Waals surface area contributed by atoms with Gasteiger partial charge >= 0.3 is 35.8 Å². The second kappa shape index (κ2) is 38.2. The molecule has 0 unspecified atom stereocenters. The largest absolute Gasteiger partial charge is 0.481 e. The van der Waals surface area contributed by atoms with Crippen LogP contribution in [0.4, 0.5) is 11.4 Å². The number of anilines is 2. The van der Waals surface area contributed by atoms with E-state index in [1.807, 2.05) is 400 Å². The number of carbonyl (C=O) groups excluding carboxylic acids is 4. The Hall–Kier alpha value is -15.7. The van der Waals surface area contributed by atoms with E-state index in [2.05, 4.69) is 10.6 Å². The number of aliphatic carboxylic acids is 4. The summed E-state index contributed by atoms with van der Waals surface area (Å²) in [4.78, 5) is 103. The first-order chi connectivity index (χ1) is 62.6. The normalized spacial score (nSPS) is 22.1. The lowest BCUT2D eigenvalue weighted by atomic mass is 9.52. The van der Waals surface area contributed by atoms with Gasteiger partial charge in [-0.2, -0.15) is 0 Å². The molecule has 632 valence electrons. The van der Waals surface area contributed by atoms with Crippen molar-refractivity contribution in [3.05, 3.63) is 457 Å². The van der Waals surface area contributed by atoms with Crippen LogP contribution in [0, 0.1) is 47.3 Å². The minimum Gasteiger partial charge on any atom is -0.481 e. The van der Waals surface area contributed by atoms with Gasteiger partial charge in [0.05, 0.1) is 47.3 Å². The van der Waals surface area contributed by atoms with E-state index in [4.69, 9.17) is 9.47 Å². The van der Waals surface area contributed by atoms with Crippen molar-refractivity contribution in [2.45, 2.75) is 47.3 Å². The van der Waals surface area contributed by atoms with E-state index in [0.717, 1.165) is 99.0 Å². The average Bonchev–Trinajstić information content (AvgIpc) is 0.740. The summed E-state index contributed by atoms with van der Waals surface area (Å²) >= 11 is 0. The number of carbonyl (C=O) groups is 8. The van der Waals surface area contributed by atoms with Crippen LogP contribution in [0.25, 0.3) is 43.1 Å². The number of fused-ring (bicyclic) bond motifs is 4. The van der Waals surface area contributed by atoms with E-state index in [0.29, 0.717) is 11.5 Å². The average molecular weight is 1690 g/mol. The van der Waals surface area contributed by atoms with Crippen LogP contribution in [0.2, 0.25) is 0 Å². The Labute approximate surface area is 739 Å². The standard InChI is InChI=1S/2C28H23NO3.2C28H22O4/c2*30-27(29-22-17-9-15-18-10-7-8-16-21(18)22)25-23(19-11-3-1-4-12-19)26(28(31)32)24(25)20-13-5-2-6-14-20;2*29-27(30)25-23(19-10-3-1-4-11-19)26(24(25)20-12-5-2-6-13-20)28(31)32-22-16-15-18-9-7-8-14-21(18)17-22/h2*1-17,23-26H,(H,29,30)(H,31,32);2*1-17,23-26H,(H,29,30)/t4*23-,24-,25?,26?/m1010/s1. The molecule has 0 bridgehead atoms. The van der Waals surface area contributed by atoms with Crippen LogP contribution in [-0.2, 0) is 38.4 Å². The van der Waals surface area contributed by atoms with Gasteiger partial charge in [0.2, 0.25) is 11.8 Å². The quantitative estimate of drug-likeness (QED) is 0.0306. The number of carboxylic acids is 4. The molecule has 16 nitrogen and oxygen atoms in total. The lowest BCUT2D eigenvalue weighted by Gasteiger charge is -2.49. The fourth-order valence-electron chi connectivity index (χ4n) is 20.1. The number of amides is 2. The molecule has 4 saturated carbocycles. The Morgan fingerprint density at radius 3 is 0.641 bits per heavy atom. The Balaban J connectivity index is 0.000000120. The SMILES string of the molecule is O=C(O)C1[C@@H](c2ccccc2)C(C(=O)Nc2cccc3ccccc23)[C@@H]1c1ccccc1.O=C(O)C1[C@@H](c2ccccc2)C(C(=O)Oc2ccc3ccccc3c2)[C@@H]1c1ccccc1.O=C(O)C1[C@H](c2ccccc2)C(C(=O)Nc2cccc3ccccc23)[C@H]1c1ccccc1.O=C(O)C1[C@H](c2ccccc2)C(C(=O)Oc2ccc3ccccc3c2)[C@H]1c1ccccc1. The highest BCUT2D eigenvalue weighted by Crippen LogP contribution is 2.62.